The molecule has 4 heteroatoms. The molecule has 0 saturated carbocycles. The van der Waals surface area contributed by atoms with Crippen molar-refractivity contribution in [2.24, 2.45) is 5.73 Å². The standard InChI is InChI=1S/C14H20N2O2/c1-10-5-6-13(18-10)14(17)16-9-12-4-2-3-11(7-12)8-15/h2-4,7,10,13H,5-6,8-9,15H2,1H3,(H,16,17). The summed E-state index contributed by atoms with van der Waals surface area (Å²) < 4.78 is 5.52. The van der Waals surface area contributed by atoms with Crippen LogP contribution in [0.5, 0.6) is 0 Å². The topological polar surface area (TPSA) is 64.4 Å². The molecule has 1 aromatic rings. The summed E-state index contributed by atoms with van der Waals surface area (Å²) in [6.07, 6.45) is 1.69. The molecule has 2 unspecified atom stereocenters. The molecular formula is C14H20N2O2. The van der Waals surface area contributed by atoms with Gasteiger partial charge in [-0.2, -0.15) is 0 Å². The van der Waals surface area contributed by atoms with E-state index in [1.165, 1.54) is 0 Å². The Hall–Kier alpha value is -1.39. The Morgan fingerprint density at radius 3 is 2.89 bits per heavy atom. The highest BCUT2D eigenvalue weighted by Gasteiger charge is 2.27. The molecule has 1 fully saturated rings. The number of benzene rings is 1. The third-order valence-corrected chi connectivity index (χ3v) is 3.22. The number of hydrogen-bond acceptors (Lipinski definition) is 3. The van der Waals surface area contributed by atoms with Crippen LogP contribution in [0, 0.1) is 0 Å². The summed E-state index contributed by atoms with van der Waals surface area (Å²) in [5.41, 5.74) is 7.73. The van der Waals surface area contributed by atoms with Gasteiger partial charge in [0.25, 0.3) is 0 Å². The normalized spacial score (nSPS) is 23.0. The molecule has 0 radical (unpaired) electrons. The van der Waals surface area contributed by atoms with E-state index in [2.05, 4.69) is 5.32 Å². The smallest absolute Gasteiger partial charge is 0.249 e. The first-order valence-electron chi connectivity index (χ1n) is 6.40. The maximum absolute atomic E-state index is 11.9. The second-order valence-electron chi connectivity index (χ2n) is 4.75. The van der Waals surface area contributed by atoms with Crippen LogP contribution in [-0.2, 0) is 22.6 Å². The molecule has 18 heavy (non-hydrogen) atoms. The fourth-order valence-corrected chi connectivity index (χ4v) is 2.17. The van der Waals surface area contributed by atoms with E-state index in [1.807, 2.05) is 31.2 Å². The van der Waals surface area contributed by atoms with Crippen LogP contribution < -0.4 is 11.1 Å². The van der Waals surface area contributed by atoms with E-state index in [0.717, 1.165) is 24.0 Å². The van der Waals surface area contributed by atoms with Gasteiger partial charge in [-0.1, -0.05) is 24.3 Å². The Kier molecular flexibility index (Phi) is 4.33. The molecule has 0 spiro atoms. The molecule has 1 amide bonds. The second kappa shape index (κ2) is 5.98. The zero-order valence-electron chi connectivity index (χ0n) is 10.7. The average molecular weight is 248 g/mol. The van der Waals surface area contributed by atoms with Crippen molar-refractivity contribution in [3.8, 4) is 0 Å². The van der Waals surface area contributed by atoms with Crippen LogP contribution in [-0.4, -0.2) is 18.1 Å². The van der Waals surface area contributed by atoms with E-state index in [1.54, 1.807) is 0 Å². The maximum atomic E-state index is 11.9. The molecular weight excluding hydrogens is 228 g/mol. The lowest BCUT2D eigenvalue weighted by molar-refractivity contribution is -0.131. The fraction of sp³-hybridized carbons (Fsp3) is 0.500. The van der Waals surface area contributed by atoms with Gasteiger partial charge in [-0.15, -0.1) is 0 Å². The highest BCUT2D eigenvalue weighted by molar-refractivity contribution is 5.81. The molecule has 4 nitrogen and oxygen atoms in total. The van der Waals surface area contributed by atoms with Crippen molar-refractivity contribution in [3.05, 3.63) is 35.4 Å². The number of amides is 1. The van der Waals surface area contributed by atoms with Crippen molar-refractivity contribution >= 4 is 5.91 Å². The van der Waals surface area contributed by atoms with Crippen LogP contribution >= 0.6 is 0 Å². The van der Waals surface area contributed by atoms with E-state index >= 15 is 0 Å². The lowest BCUT2D eigenvalue weighted by Gasteiger charge is -2.12. The van der Waals surface area contributed by atoms with Crippen LogP contribution in [0.15, 0.2) is 24.3 Å². The number of ether oxygens (including phenoxy) is 1. The summed E-state index contributed by atoms with van der Waals surface area (Å²) in [7, 11) is 0. The third-order valence-electron chi connectivity index (χ3n) is 3.22. The summed E-state index contributed by atoms with van der Waals surface area (Å²) in [6.45, 7) is 3.05. The molecule has 1 heterocycles. The summed E-state index contributed by atoms with van der Waals surface area (Å²) in [6, 6.07) is 7.93. The van der Waals surface area contributed by atoms with Gasteiger partial charge >= 0.3 is 0 Å². The predicted molar refractivity (Wildman–Crippen MR) is 69.7 cm³/mol. The number of nitrogens with one attached hydrogen (secondary N) is 1. The average Bonchev–Trinajstić information content (AvgIpc) is 2.83. The predicted octanol–water partition coefficient (Wildman–Crippen LogP) is 1.33. The summed E-state index contributed by atoms with van der Waals surface area (Å²) >= 11 is 0. The second-order valence-corrected chi connectivity index (χ2v) is 4.75. The first kappa shape index (κ1) is 13.1. The Bertz CT molecular complexity index is 420. The Morgan fingerprint density at radius 2 is 2.22 bits per heavy atom. The largest absolute Gasteiger partial charge is 0.365 e. The monoisotopic (exact) mass is 248 g/mol. The van der Waals surface area contributed by atoms with Crippen LogP contribution in [0.3, 0.4) is 0 Å². The number of carbonyl (C=O) groups is 1. The molecule has 2 atom stereocenters. The Morgan fingerprint density at radius 1 is 1.44 bits per heavy atom. The number of hydrogen-bond donors (Lipinski definition) is 2. The minimum Gasteiger partial charge on any atom is -0.365 e. The highest BCUT2D eigenvalue weighted by atomic mass is 16.5. The number of nitrogens with two attached hydrogens (primary N) is 1. The van der Waals surface area contributed by atoms with Crippen LogP contribution in [0.1, 0.15) is 30.9 Å². The van der Waals surface area contributed by atoms with Gasteiger partial charge in [0.2, 0.25) is 5.91 Å². The maximum Gasteiger partial charge on any atom is 0.249 e. The van der Waals surface area contributed by atoms with Crippen LogP contribution in [0.25, 0.3) is 0 Å². The minimum absolute atomic E-state index is 0.0162. The quantitative estimate of drug-likeness (QED) is 0.845. The van der Waals surface area contributed by atoms with Crippen LogP contribution in [0.4, 0.5) is 0 Å². The molecule has 0 aliphatic carbocycles. The van der Waals surface area contributed by atoms with Gasteiger partial charge in [0.15, 0.2) is 0 Å². The van der Waals surface area contributed by atoms with Gasteiger partial charge < -0.3 is 15.8 Å². The molecule has 1 aromatic carbocycles. The Labute approximate surface area is 108 Å². The fourth-order valence-electron chi connectivity index (χ4n) is 2.17. The zero-order chi connectivity index (χ0) is 13.0. The van der Waals surface area contributed by atoms with Crippen LogP contribution in [0.2, 0.25) is 0 Å². The summed E-state index contributed by atoms with van der Waals surface area (Å²) in [5, 5.41) is 2.91. The van der Waals surface area contributed by atoms with E-state index in [-0.39, 0.29) is 18.1 Å². The molecule has 98 valence electrons. The zero-order valence-corrected chi connectivity index (χ0v) is 10.7. The SMILES string of the molecule is CC1CCC(C(=O)NCc2cccc(CN)c2)O1. The van der Waals surface area contributed by atoms with Gasteiger partial charge in [-0.3, -0.25) is 4.79 Å². The van der Waals surface area contributed by atoms with E-state index in [4.69, 9.17) is 10.5 Å². The lowest BCUT2D eigenvalue weighted by Crippen LogP contribution is -2.34. The Balaban J connectivity index is 1.85. The number of rotatable bonds is 4. The van der Waals surface area contributed by atoms with Gasteiger partial charge in [-0.05, 0) is 30.9 Å². The lowest BCUT2D eigenvalue weighted by atomic mass is 10.1. The van der Waals surface area contributed by atoms with Crippen molar-refractivity contribution in [2.45, 2.75) is 45.1 Å². The van der Waals surface area contributed by atoms with Crippen molar-refractivity contribution < 1.29 is 9.53 Å². The first-order valence-corrected chi connectivity index (χ1v) is 6.40. The molecule has 0 aromatic heterocycles. The first-order chi connectivity index (χ1) is 8.69. The highest BCUT2D eigenvalue weighted by Crippen LogP contribution is 2.19. The van der Waals surface area contributed by atoms with E-state index in [0.29, 0.717) is 13.1 Å². The van der Waals surface area contributed by atoms with Crippen molar-refractivity contribution in [2.75, 3.05) is 0 Å². The summed E-state index contributed by atoms with van der Waals surface area (Å²) in [4.78, 5) is 11.9. The van der Waals surface area contributed by atoms with Crippen molar-refractivity contribution in [3.63, 3.8) is 0 Å². The number of carbonyl (C=O) groups excluding carboxylic acids is 1. The van der Waals surface area contributed by atoms with Gasteiger partial charge in [0.05, 0.1) is 6.10 Å². The molecule has 3 N–H and O–H groups in total. The molecule has 1 aliphatic heterocycles. The minimum atomic E-state index is -0.280. The van der Waals surface area contributed by atoms with E-state index in [9.17, 15) is 4.79 Å². The molecule has 1 saturated heterocycles. The van der Waals surface area contributed by atoms with E-state index < -0.39 is 0 Å². The molecule has 0 bridgehead atoms. The van der Waals surface area contributed by atoms with Gasteiger partial charge in [0, 0.05) is 13.1 Å². The molecule has 1 aliphatic rings. The van der Waals surface area contributed by atoms with Gasteiger partial charge in [0.1, 0.15) is 6.10 Å². The molecule has 2 rings (SSSR count). The summed E-state index contributed by atoms with van der Waals surface area (Å²) in [5.74, 6) is -0.0162. The van der Waals surface area contributed by atoms with Crippen molar-refractivity contribution in [1.29, 1.82) is 0 Å². The van der Waals surface area contributed by atoms with Gasteiger partial charge in [-0.25, -0.2) is 0 Å². The third kappa shape index (κ3) is 3.31. The van der Waals surface area contributed by atoms with Crippen molar-refractivity contribution in [1.82, 2.24) is 5.32 Å².